The molecule has 0 aliphatic carbocycles. The van der Waals surface area contributed by atoms with E-state index in [0.717, 1.165) is 28.5 Å². The molecule has 3 aliphatic heterocycles. The van der Waals surface area contributed by atoms with Gasteiger partial charge < -0.3 is 47.4 Å². The van der Waals surface area contributed by atoms with E-state index in [1.165, 1.54) is 7.11 Å². The highest BCUT2D eigenvalue weighted by atomic mass is 35.5. The molecule has 0 unspecified atom stereocenters. The van der Waals surface area contributed by atoms with Crippen LogP contribution in [0, 0.1) is 0 Å². The Kier molecular flexibility index (Phi) is 17.3. The molecule has 3 heterocycles. The molecule has 5 aromatic carbocycles. The molecule has 2 amide bonds. The Bertz CT molecular complexity index is 2590. The number of alkyl halides is 1. The summed E-state index contributed by atoms with van der Waals surface area (Å²) >= 11 is 5.92. The molecule has 18 nitrogen and oxygen atoms in total. The zero-order valence-corrected chi connectivity index (χ0v) is 39.4. The van der Waals surface area contributed by atoms with Crippen LogP contribution in [0.1, 0.15) is 44.3 Å². The van der Waals surface area contributed by atoms with Crippen molar-refractivity contribution in [2.45, 2.75) is 88.0 Å². The zero-order chi connectivity index (χ0) is 49.7. The number of carbonyl (C=O) groups excluding carboxylic acids is 4. The van der Waals surface area contributed by atoms with Gasteiger partial charge in [0.2, 0.25) is 6.29 Å². The van der Waals surface area contributed by atoms with Gasteiger partial charge in [-0.15, -0.1) is 11.6 Å². The summed E-state index contributed by atoms with van der Waals surface area (Å²) in [6.45, 7) is 0.825. The molecule has 3 aliphatic rings. The lowest BCUT2D eigenvalue weighted by Gasteiger charge is -2.50. The van der Waals surface area contributed by atoms with Gasteiger partial charge in [0, 0.05) is 11.8 Å². The molecule has 0 spiro atoms. The largest absolute Gasteiger partial charge is 0.497 e. The first-order valence-corrected chi connectivity index (χ1v) is 23.3. The quantitative estimate of drug-likeness (QED) is 0.0176. The number of ether oxygens (including phenoxy) is 10. The fraction of sp³-hybridized carbons (Fsp3) is 0.346. The molecular weight excluding hydrogens is 940 g/mol. The molecule has 0 radical (unpaired) electrons. The standard InChI is InChI=1S/C52H51ClN4O14/c1-32(58)66-47-43(55-56-54)51(68-40(45(47)70-42(59)26-53)30-63-27-33-14-6-3-7-15-33)71-46-41(31-64-28-34-16-8-4-9-17-34)69-52(67-37-24-22-36(62-2)23-25-37)44(48(46)65-29-35-18-10-5-11-19-35)57-49(60)38-20-12-13-21-39(38)50(57)61/h3-25,40-41,43-48,51-52H,26-31H2,1-2H3/t40-,41-,43-,44-,45-,46-,47-,48-,51-,52-/m1/s1. The number of azide groups is 1. The number of esters is 2. The van der Waals surface area contributed by atoms with Crippen molar-refractivity contribution >= 4 is 35.4 Å². The Hall–Kier alpha value is -6.86. The number of hydrogen-bond donors (Lipinski definition) is 0. The van der Waals surface area contributed by atoms with Crippen LogP contribution >= 0.6 is 11.6 Å². The van der Waals surface area contributed by atoms with Crippen LogP contribution in [0.15, 0.2) is 145 Å². The summed E-state index contributed by atoms with van der Waals surface area (Å²) in [5.74, 6) is -2.74. The third kappa shape index (κ3) is 12.4. The van der Waals surface area contributed by atoms with Crippen molar-refractivity contribution < 1.29 is 66.5 Å². The predicted octanol–water partition coefficient (Wildman–Crippen LogP) is 7.35. The van der Waals surface area contributed by atoms with Gasteiger partial charge in [-0.1, -0.05) is 108 Å². The monoisotopic (exact) mass is 990 g/mol. The second-order valence-corrected chi connectivity index (χ2v) is 16.9. The third-order valence-corrected chi connectivity index (χ3v) is 12.1. The molecule has 2 fully saturated rings. The Morgan fingerprint density at radius 3 is 1.68 bits per heavy atom. The molecule has 0 bridgehead atoms. The molecular formula is C52H51ClN4O14. The maximum Gasteiger partial charge on any atom is 0.321 e. The normalized spacial score (nSPS) is 24.9. The summed E-state index contributed by atoms with van der Waals surface area (Å²) in [7, 11) is 1.52. The Balaban J connectivity index is 1.24. The highest BCUT2D eigenvalue weighted by Gasteiger charge is 2.58. The number of imide groups is 1. The van der Waals surface area contributed by atoms with Crippen LogP contribution in [0.25, 0.3) is 10.4 Å². The van der Waals surface area contributed by atoms with E-state index in [2.05, 4.69) is 10.0 Å². The highest BCUT2D eigenvalue weighted by Crippen LogP contribution is 2.39. The average Bonchev–Trinajstić information content (AvgIpc) is 3.64. The number of hydrogen-bond acceptors (Lipinski definition) is 15. The molecule has 0 saturated carbocycles. The second-order valence-electron chi connectivity index (χ2n) is 16.6. The number of halogens is 1. The lowest BCUT2D eigenvalue weighted by Crippen LogP contribution is -2.69. The van der Waals surface area contributed by atoms with Crippen LogP contribution in [0.2, 0.25) is 0 Å². The van der Waals surface area contributed by atoms with Crippen molar-refractivity contribution in [1.82, 2.24) is 4.90 Å². The molecule has 2 saturated heterocycles. The summed E-state index contributed by atoms with van der Waals surface area (Å²) < 4.78 is 63.5. The summed E-state index contributed by atoms with van der Waals surface area (Å²) in [5, 5.41) is 4.01. The second kappa shape index (κ2) is 24.3. The topological polar surface area (TPSA) is 213 Å². The van der Waals surface area contributed by atoms with Crippen LogP contribution in [0.4, 0.5) is 0 Å². The minimum atomic E-state index is -1.65. The van der Waals surface area contributed by atoms with E-state index < -0.39 is 90.9 Å². The van der Waals surface area contributed by atoms with Crippen LogP contribution < -0.4 is 9.47 Å². The van der Waals surface area contributed by atoms with Crippen LogP contribution in [0.5, 0.6) is 11.5 Å². The van der Waals surface area contributed by atoms with Crippen molar-refractivity contribution in [3.63, 3.8) is 0 Å². The van der Waals surface area contributed by atoms with Crippen LogP contribution in [0.3, 0.4) is 0 Å². The molecule has 19 heteroatoms. The van der Waals surface area contributed by atoms with E-state index in [-0.39, 0.29) is 44.2 Å². The van der Waals surface area contributed by atoms with E-state index in [0.29, 0.717) is 11.5 Å². The molecule has 5 aromatic rings. The van der Waals surface area contributed by atoms with Crippen molar-refractivity contribution in [3.8, 4) is 11.5 Å². The van der Waals surface area contributed by atoms with Crippen molar-refractivity contribution in [2.24, 2.45) is 5.11 Å². The Labute approximate surface area is 414 Å². The average molecular weight is 991 g/mol. The molecule has 71 heavy (non-hydrogen) atoms. The minimum Gasteiger partial charge on any atom is -0.497 e. The number of amides is 2. The lowest BCUT2D eigenvalue weighted by atomic mass is 9.93. The number of methoxy groups -OCH3 is 1. The van der Waals surface area contributed by atoms with Crippen LogP contribution in [-0.4, -0.2) is 116 Å². The molecule has 0 aromatic heterocycles. The fourth-order valence-electron chi connectivity index (χ4n) is 8.64. The maximum atomic E-state index is 14.7. The van der Waals surface area contributed by atoms with Gasteiger partial charge in [0.15, 0.2) is 18.5 Å². The fourth-order valence-corrected chi connectivity index (χ4v) is 8.71. The smallest absolute Gasteiger partial charge is 0.321 e. The van der Waals surface area contributed by atoms with Gasteiger partial charge in [-0.2, -0.15) is 0 Å². The summed E-state index contributed by atoms with van der Waals surface area (Å²) in [6, 6.07) is 37.9. The summed E-state index contributed by atoms with van der Waals surface area (Å²) in [6.07, 6.45) is -11.2. The van der Waals surface area contributed by atoms with Crippen molar-refractivity contribution in [1.29, 1.82) is 0 Å². The number of rotatable bonds is 21. The van der Waals surface area contributed by atoms with Crippen molar-refractivity contribution in [3.05, 3.63) is 178 Å². The molecule has 370 valence electrons. The molecule has 10 atom stereocenters. The van der Waals surface area contributed by atoms with Gasteiger partial charge in [0.25, 0.3) is 11.8 Å². The number of carbonyl (C=O) groups is 4. The van der Waals surface area contributed by atoms with Crippen molar-refractivity contribution in [2.75, 3.05) is 26.2 Å². The third-order valence-electron chi connectivity index (χ3n) is 11.9. The van der Waals surface area contributed by atoms with Crippen LogP contribution in [-0.2, 0) is 67.3 Å². The Morgan fingerprint density at radius 2 is 1.15 bits per heavy atom. The van der Waals surface area contributed by atoms with E-state index in [1.807, 2.05) is 91.0 Å². The first-order chi connectivity index (χ1) is 34.6. The lowest BCUT2D eigenvalue weighted by molar-refractivity contribution is -0.334. The predicted molar refractivity (Wildman–Crippen MR) is 253 cm³/mol. The number of benzene rings is 5. The van der Waals surface area contributed by atoms with E-state index >= 15 is 0 Å². The van der Waals surface area contributed by atoms with Gasteiger partial charge in [0.1, 0.15) is 53.9 Å². The summed E-state index contributed by atoms with van der Waals surface area (Å²) in [5.41, 5.74) is 12.8. The van der Waals surface area contributed by atoms with E-state index in [9.17, 15) is 24.7 Å². The zero-order valence-electron chi connectivity index (χ0n) is 38.7. The first-order valence-electron chi connectivity index (χ1n) is 22.8. The maximum absolute atomic E-state index is 14.7. The minimum absolute atomic E-state index is 0.0777. The molecule has 0 N–H and O–H groups in total. The van der Waals surface area contributed by atoms with Gasteiger partial charge in [-0.3, -0.25) is 24.1 Å². The summed E-state index contributed by atoms with van der Waals surface area (Å²) in [4.78, 5) is 59.3. The van der Waals surface area contributed by atoms with Gasteiger partial charge in [0.05, 0.1) is 51.3 Å². The van der Waals surface area contributed by atoms with Gasteiger partial charge in [-0.25, -0.2) is 0 Å². The Morgan fingerprint density at radius 1 is 0.648 bits per heavy atom. The first kappa shape index (κ1) is 50.5. The number of fused-ring (bicyclic) bond motifs is 1. The van der Waals surface area contributed by atoms with Gasteiger partial charge >= 0.3 is 11.9 Å². The van der Waals surface area contributed by atoms with Gasteiger partial charge in [-0.05, 0) is 58.6 Å². The highest BCUT2D eigenvalue weighted by molar-refractivity contribution is 6.26. The number of nitrogens with zero attached hydrogens (tertiary/aromatic N) is 4. The van der Waals surface area contributed by atoms with E-state index in [1.54, 1.807) is 48.5 Å². The van der Waals surface area contributed by atoms with E-state index in [4.69, 9.17) is 59.0 Å². The molecule has 8 rings (SSSR count). The SMILES string of the molecule is COc1ccc(O[C@@H]2O[C@H](COCc3ccccc3)[C@@H](O[C@H]3O[C@H](COCc4ccccc4)[C@@H](OC(=O)CCl)[C@H](OC(C)=O)[C@H]3N=[N+]=[N-])[C@H](OCc3ccccc3)[C@H]2N2C(=O)c3ccccc3C2=O)cc1.